The normalized spacial score (nSPS) is 12.0. The number of hydrogen-bond donors (Lipinski definition) is 1. The second-order valence-corrected chi connectivity index (χ2v) is 5.67. The lowest BCUT2D eigenvalue weighted by atomic mass is 10.2. The minimum Gasteiger partial charge on any atom is -0.255 e. The first-order chi connectivity index (χ1) is 7.48. The summed E-state index contributed by atoms with van der Waals surface area (Å²) in [5, 5.41) is 0. The topological polar surface area (TPSA) is 63.4 Å². The monoisotopic (exact) mass is 242 g/mol. The Balaban J connectivity index is 2.89. The van der Waals surface area contributed by atoms with Gasteiger partial charge in [-0.1, -0.05) is 31.0 Å². The Labute approximate surface area is 97.1 Å². The fraction of sp³-hybridized carbons (Fsp3) is 0.455. The van der Waals surface area contributed by atoms with Crippen molar-refractivity contribution in [1.29, 1.82) is 0 Å². The van der Waals surface area contributed by atoms with E-state index in [2.05, 4.69) is 0 Å². The van der Waals surface area contributed by atoms with Gasteiger partial charge in [0.05, 0.1) is 4.90 Å². The zero-order chi connectivity index (χ0) is 12.2. The lowest BCUT2D eigenvalue weighted by Gasteiger charge is -2.16. The lowest BCUT2D eigenvalue weighted by molar-refractivity contribution is 0.417. The van der Waals surface area contributed by atoms with E-state index in [-0.39, 0.29) is 4.90 Å². The van der Waals surface area contributed by atoms with E-state index in [1.54, 1.807) is 24.3 Å². The van der Waals surface area contributed by atoms with E-state index in [1.165, 1.54) is 0 Å². The molecule has 0 aliphatic rings. The highest BCUT2D eigenvalue weighted by atomic mass is 32.2. The van der Waals surface area contributed by atoms with Crippen molar-refractivity contribution >= 4 is 10.0 Å². The second kappa shape index (κ2) is 5.43. The molecule has 0 amide bonds. The van der Waals surface area contributed by atoms with E-state index >= 15 is 0 Å². The molecule has 0 aliphatic heterocycles. The van der Waals surface area contributed by atoms with Crippen molar-refractivity contribution in [3.63, 3.8) is 0 Å². The number of aryl methyl sites for hydroxylation is 1. The first-order valence-electron chi connectivity index (χ1n) is 5.32. The Morgan fingerprint density at radius 3 is 2.31 bits per heavy atom. The van der Waals surface area contributed by atoms with Gasteiger partial charge in [0.15, 0.2) is 0 Å². The van der Waals surface area contributed by atoms with Crippen molar-refractivity contribution in [1.82, 2.24) is 4.41 Å². The minimum atomic E-state index is -3.52. The van der Waals surface area contributed by atoms with E-state index in [0.717, 1.165) is 22.8 Å². The summed E-state index contributed by atoms with van der Waals surface area (Å²) in [6, 6.07) is 6.69. The van der Waals surface area contributed by atoms with Crippen LogP contribution in [0.1, 0.15) is 25.3 Å². The molecule has 5 heteroatoms. The van der Waals surface area contributed by atoms with E-state index < -0.39 is 10.0 Å². The predicted molar refractivity (Wildman–Crippen MR) is 64.2 cm³/mol. The van der Waals surface area contributed by atoms with Crippen LogP contribution in [0.15, 0.2) is 29.2 Å². The highest BCUT2D eigenvalue weighted by Crippen LogP contribution is 2.14. The first-order valence-corrected chi connectivity index (χ1v) is 6.76. The van der Waals surface area contributed by atoms with E-state index in [4.69, 9.17) is 5.84 Å². The maximum absolute atomic E-state index is 12.0. The fourth-order valence-corrected chi connectivity index (χ4v) is 2.40. The van der Waals surface area contributed by atoms with Gasteiger partial charge in [0.25, 0.3) is 10.0 Å². The largest absolute Gasteiger partial charge is 0.255 e. The molecule has 0 radical (unpaired) electrons. The quantitative estimate of drug-likeness (QED) is 0.631. The van der Waals surface area contributed by atoms with E-state index in [9.17, 15) is 8.42 Å². The molecular formula is C11H18N2O2S. The summed E-state index contributed by atoms with van der Waals surface area (Å²) in [5.41, 5.74) is 1.02. The smallest absolute Gasteiger partial charge is 0.255 e. The van der Waals surface area contributed by atoms with Crippen molar-refractivity contribution in [2.24, 2.45) is 5.84 Å². The fourth-order valence-electron chi connectivity index (χ4n) is 1.28. The van der Waals surface area contributed by atoms with Crippen LogP contribution in [0.3, 0.4) is 0 Å². The molecule has 16 heavy (non-hydrogen) atoms. The summed E-state index contributed by atoms with van der Waals surface area (Å²) in [5.74, 6) is 5.55. The molecule has 0 fully saturated rings. The zero-order valence-corrected chi connectivity index (χ0v) is 10.5. The van der Waals surface area contributed by atoms with Gasteiger partial charge in [0.1, 0.15) is 0 Å². The van der Waals surface area contributed by atoms with Crippen molar-refractivity contribution in [3.05, 3.63) is 29.8 Å². The van der Waals surface area contributed by atoms with Crippen LogP contribution < -0.4 is 5.84 Å². The molecule has 90 valence electrons. The molecule has 0 aliphatic carbocycles. The summed E-state index contributed by atoms with van der Waals surface area (Å²) in [6.45, 7) is 4.26. The van der Waals surface area contributed by atoms with Crippen molar-refractivity contribution in [2.45, 2.75) is 31.6 Å². The summed E-state index contributed by atoms with van der Waals surface area (Å²) >= 11 is 0. The van der Waals surface area contributed by atoms with Crippen molar-refractivity contribution < 1.29 is 8.42 Å². The Morgan fingerprint density at radius 2 is 1.81 bits per heavy atom. The molecule has 1 rings (SSSR count). The molecule has 0 bridgehead atoms. The molecule has 0 aromatic heterocycles. The standard InChI is InChI=1S/C11H18N2O2S/c1-3-4-9-13(12)16(14,15)11-7-5-10(2)6-8-11/h5-8H,3-4,9,12H2,1-2H3. The minimum absolute atomic E-state index is 0.247. The molecule has 1 aromatic rings. The summed E-state index contributed by atoms with van der Waals surface area (Å²) < 4.78 is 24.8. The van der Waals surface area contributed by atoms with Gasteiger partial charge >= 0.3 is 0 Å². The number of hydrazine groups is 1. The van der Waals surface area contributed by atoms with Gasteiger partial charge in [0.2, 0.25) is 0 Å². The number of sulfonamides is 1. The maximum atomic E-state index is 12.0. The molecule has 2 N–H and O–H groups in total. The van der Waals surface area contributed by atoms with Gasteiger partial charge in [0, 0.05) is 6.54 Å². The molecule has 0 saturated carbocycles. The van der Waals surface area contributed by atoms with Crippen LogP contribution in [0, 0.1) is 6.92 Å². The highest BCUT2D eigenvalue weighted by Gasteiger charge is 2.20. The van der Waals surface area contributed by atoms with Gasteiger partial charge < -0.3 is 0 Å². The second-order valence-electron chi connectivity index (χ2n) is 3.78. The molecule has 4 nitrogen and oxygen atoms in total. The maximum Gasteiger partial charge on any atom is 0.255 e. The van der Waals surface area contributed by atoms with Crippen LogP contribution >= 0.6 is 0 Å². The van der Waals surface area contributed by atoms with Crippen LogP contribution in [-0.4, -0.2) is 19.4 Å². The van der Waals surface area contributed by atoms with Gasteiger partial charge in [-0.15, -0.1) is 4.41 Å². The Bertz CT molecular complexity index is 426. The molecule has 0 heterocycles. The molecular weight excluding hydrogens is 224 g/mol. The molecule has 0 spiro atoms. The van der Waals surface area contributed by atoms with Crippen molar-refractivity contribution in [3.8, 4) is 0 Å². The Kier molecular flexibility index (Phi) is 4.46. The van der Waals surface area contributed by atoms with Crippen LogP contribution in [0.2, 0.25) is 0 Å². The molecule has 0 atom stereocenters. The van der Waals surface area contributed by atoms with Gasteiger partial charge in [-0.05, 0) is 25.5 Å². The van der Waals surface area contributed by atoms with E-state index in [1.807, 2.05) is 13.8 Å². The van der Waals surface area contributed by atoms with Crippen LogP contribution in [-0.2, 0) is 10.0 Å². The van der Waals surface area contributed by atoms with Gasteiger partial charge in [-0.2, -0.15) is 0 Å². The number of unbranched alkanes of at least 4 members (excludes halogenated alkanes) is 1. The summed E-state index contributed by atoms with van der Waals surface area (Å²) in [7, 11) is -3.52. The zero-order valence-electron chi connectivity index (χ0n) is 9.68. The van der Waals surface area contributed by atoms with Gasteiger partial charge in [-0.25, -0.2) is 8.42 Å². The van der Waals surface area contributed by atoms with Crippen LogP contribution in [0.25, 0.3) is 0 Å². The predicted octanol–water partition coefficient (Wildman–Crippen LogP) is 1.66. The summed E-state index contributed by atoms with van der Waals surface area (Å²) in [6.07, 6.45) is 1.68. The number of hydrogen-bond acceptors (Lipinski definition) is 3. The first kappa shape index (κ1) is 13.2. The molecule has 1 aromatic carbocycles. The number of nitrogens with two attached hydrogens (primary N) is 1. The average molecular weight is 242 g/mol. The Morgan fingerprint density at radius 1 is 1.25 bits per heavy atom. The third kappa shape index (κ3) is 3.04. The van der Waals surface area contributed by atoms with Crippen LogP contribution in [0.5, 0.6) is 0 Å². The summed E-state index contributed by atoms with van der Waals surface area (Å²) in [4.78, 5) is 0.247. The SMILES string of the molecule is CCCCN(N)S(=O)(=O)c1ccc(C)cc1. The number of benzene rings is 1. The highest BCUT2D eigenvalue weighted by molar-refractivity contribution is 7.89. The molecule has 0 unspecified atom stereocenters. The third-order valence-corrected chi connectivity index (χ3v) is 4.03. The molecule has 0 saturated heterocycles. The van der Waals surface area contributed by atoms with Crippen molar-refractivity contribution in [2.75, 3.05) is 6.54 Å². The van der Waals surface area contributed by atoms with Gasteiger partial charge in [-0.3, -0.25) is 5.84 Å². The average Bonchev–Trinajstić information content (AvgIpc) is 2.26. The van der Waals surface area contributed by atoms with Crippen LogP contribution in [0.4, 0.5) is 0 Å². The van der Waals surface area contributed by atoms with E-state index in [0.29, 0.717) is 6.54 Å². The number of nitrogens with zero attached hydrogens (tertiary/aromatic N) is 1. The lowest BCUT2D eigenvalue weighted by Crippen LogP contribution is -2.38. The number of rotatable bonds is 5. The Hall–Kier alpha value is -0.910. The third-order valence-electron chi connectivity index (χ3n) is 2.36.